The van der Waals surface area contributed by atoms with Gasteiger partial charge in [-0.3, -0.25) is 4.79 Å². The van der Waals surface area contributed by atoms with Crippen molar-refractivity contribution in [1.29, 1.82) is 5.39 Å². The van der Waals surface area contributed by atoms with Gasteiger partial charge < -0.3 is 9.84 Å². The molecule has 1 fully saturated rings. The van der Waals surface area contributed by atoms with E-state index in [1.165, 1.54) is 0 Å². The average Bonchev–Trinajstić information content (AvgIpc) is 2.62. The number of aliphatic hydroxyl groups excluding tert-OH is 1. The highest BCUT2D eigenvalue weighted by atomic mass is 16.5. The number of allylic oxidation sites excluding steroid dienone is 1. The van der Waals surface area contributed by atoms with Crippen LogP contribution in [-0.4, -0.2) is 23.5 Å². The maximum Gasteiger partial charge on any atom is 0.505 e. The minimum atomic E-state index is -0.843. The molecule has 0 amide bonds. The van der Waals surface area contributed by atoms with Crippen LogP contribution in [0.4, 0.5) is 0 Å². The second-order valence-electron chi connectivity index (χ2n) is 5.01. The minimum Gasteiger partial charge on any atom is -0.505 e. The molecule has 0 saturated heterocycles. The molecule has 6 heteroatoms. The Morgan fingerprint density at radius 1 is 1.50 bits per heavy atom. The zero-order valence-electron chi connectivity index (χ0n) is 11.8. The number of hydrogen-bond acceptors (Lipinski definition) is 5. The van der Waals surface area contributed by atoms with Crippen molar-refractivity contribution in [3.05, 3.63) is 16.4 Å². The molecule has 1 atom stereocenters. The summed E-state index contributed by atoms with van der Waals surface area (Å²) in [6.45, 7) is 1.77. The number of ether oxygens (including phenoxy) is 1. The summed E-state index contributed by atoms with van der Waals surface area (Å²) in [6.07, 6.45) is 4.85. The molecule has 1 N–H and O–H groups in total. The van der Waals surface area contributed by atoms with Crippen LogP contribution in [-0.2, 0) is 14.3 Å². The van der Waals surface area contributed by atoms with Crippen LogP contribution in [0.25, 0.3) is 4.98 Å². The molecule has 1 aliphatic carbocycles. The molecule has 1 rings (SSSR count). The molecule has 0 bridgehead atoms. The Balaban J connectivity index is 2.59. The molecule has 0 spiro atoms. The Labute approximate surface area is 118 Å². The van der Waals surface area contributed by atoms with E-state index >= 15 is 0 Å². The lowest BCUT2D eigenvalue weighted by Crippen LogP contribution is -2.09. The Bertz CT molecular complexity index is 437. The van der Waals surface area contributed by atoms with Gasteiger partial charge in [0.25, 0.3) is 0 Å². The molecule has 1 saturated carbocycles. The van der Waals surface area contributed by atoms with Crippen molar-refractivity contribution in [2.24, 2.45) is 5.92 Å². The number of Topliss-reactive ketones (excluding diaryl/α,β-unsaturated/α-hetero) is 1. The van der Waals surface area contributed by atoms with Gasteiger partial charge in [-0.15, -0.1) is 0 Å². The van der Waals surface area contributed by atoms with E-state index in [0.717, 1.165) is 19.3 Å². The van der Waals surface area contributed by atoms with Crippen molar-refractivity contribution in [3.63, 3.8) is 0 Å². The van der Waals surface area contributed by atoms with Gasteiger partial charge in [-0.2, -0.15) is 0 Å². The number of carbonyl (C=O) groups is 2. The summed E-state index contributed by atoms with van der Waals surface area (Å²) in [5, 5.41) is 18.6. The molecule has 0 heterocycles. The largest absolute Gasteiger partial charge is 0.505 e. The number of diazo groups is 1. The van der Waals surface area contributed by atoms with Gasteiger partial charge in [0, 0.05) is 19.3 Å². The second-order valence-corrected chi connectivity index (χ2v) is 5.01. The van der Waals surface area contributed by atoms with E-state index in [2.05, 4.69) is 9.71 Å². The van der Waals surface area contributed by atoms with Gasteiger partial charge in [0.05, 0.1) is 6.61 Å². The lowest BCUT2D eigenvalue weighted by Gasteiger charge is -2.11. The van der Waals surface area contributed by atoms with Gasteiger partial charge in [0.2, 0.25) is 5.39 Å². The highest BCUT2D eigenvalue weighted by Crippen LogP contribution is 2.26. The van der Waals surface area contributed by atoms with E-state index in [0.29, 0.717) is 19.3 Å². The zero-order chi connectivity index (χ0) is 15.0. The van der Waals surface area contributed by atoms with Crippen LogP contribution in [0.1, 0.15) is 51.9 Å². The summed E-state index contributed by atoms with van der Waals surface area (Å²) in [5.74, 6) is -0.658. The summed E-state index contributed by atoms with van der Waals surface area (Å²) in [4.78, 5) is 25.7. The summed E-state index contributed by atoms with van der Waals surface area (Å²) in [6, 6.07) is 0. The van der Waals surface area contributed by atoms with Crippen molar-refractivity contribution in [2.75, 3.05) is 6.61 Å². The Kier molecular flexibility index (Phi) is 6.71. The molecule has 6 nitrogen and oxygen atoms in total. The second kappa shape index (κ2) is 8.31. The van der Waals surface area contributed by atoms with Gasteiger partial charge in [0.15, 0.2) is 10.7 Å². The van der Waals surface area contributed by atoms with Gasteiger partial charge in [0.1, 0.15) is 5.78 Å². The minimum absolute atomic E-state index is 0.141. The summed E-state index contributed by atoms with van der Waals surface area (Å²) < 4.78 is 4.68. The van der Waals surface area contributed by atoms with Crippen molar-refractivity contribution < 1.29 is 19.4 Å². The van der Waals surface area contributed by atoms with Gasteiger partial charge in [-0.25, -0.2) is 4.79 Å². The monoisotopic (exact) mass is 281 g/mol. The SMILES string of the molecule is CCOC(=O)/C([N+]#N)=C(\O)CCC1CCCCC(=O)C1. The van der Waals surface area contributed by atoms with Gasteiger partial charge in [-0.05, 0) is 32.1 Å². The average molecular weight is 281 g/mol. The highest BCUT2D eigenvalue weighted by molar-refractivity contribution is 5.90. The number of ketones is 1. The predicted molar refractivity (Wildman–Crippen MR) is 72.2 cm³/mol. The summed E-state index contributed by atoms with van der Waals surface area (Å²) >= 11 is 0. The van der Waals surface area contributed by atoms with Crippen molar-refractivity contribution in [2.45, 2.75) is 51.9 Å². The maximum atomic E-state index is 11.5. The van der Waals surface area contributed by atoms with E-state index in [1.807, 2.05) is 0 Å². The van der Waals surface area contributed by atoms with Crippen LogP contribution in [0.2, 0.25) is 0 Å². The molecule has 110 valence electrons. The topological polar surface area (TPSA) is 91.8 Å². The van der Waals surface area contributed by atoms with Crippen molar-refractivity contribution in [1.82, 2.24) is 0 Å². The first kappa shape index (κ1) is 16.2. The molecule has 20 heavy (non-hydrogen) atoms. The Morgan fingerprint density at radius 2 is 2.25 bits per heavy atom. The molecule has 0 aliphatic heterocycles. The first-order chi connectivity index (χ1) is 9.58. The fourth-order valence-electron chi connectivity index (χ4n) is 2.40. The van der Waals surface area contributed by atoms with Crippen molar-refractivity contribution >= 4 is 11.8 Å². The van der Waals surface area contributed by atoms with Crippen LogP contribution in [0.15, 0.2) is 11.5 Å². The standard InChI is InChI=1S/C14H20N2O4/c1-2-20-14(19)13(16-15)12(18)8-7-10-5-3-4-6-11(17)9-10/h10H,2-9H2,1H3/p+1. The maximum absolute atomic E-state index is 11.5. The van der Waals surface area contributed by atoms with E-state index in [-0.39, 0.29) is 30.5 Å². The van der Waals surface area contributed by atoms with Crippen LogP contribution >= 0.6 is 0 Å². The smallest absolute Gasteiger partial charge is 0.505 e. The van der Waals surface area contributed by atoms with Gasteiger partial charge >= 0.3 is 11.7 Å². The first-order valence-electron chi connectivity index (χ1n) is 7.04. The van der Waals surface area contributed by atoms with Crippen LogP contribution < -0.4 is 0 Å². The highest BCUT2D eigenvalue weighted by Gasteiger charge is 2.30. The van der Waals surface area contributed by atoms with E-state index in [1.54, 1.807) is 6.92 Å². The molecular weight excluding hydrogens is 260 g/mol. The van der Waals surface area contributed by atoms with Crippen LogP contribution in [0.5, 0.6) is 0 Å². The van der Waals surface area contributed by atoms with Crippen LogP contribution in [0.3, 0.4) is 0 Å². The number of carbonyl (C=O) groups excluding carboxylic acids is 2. The number of rotatable bonds is 5. The summed E-state index contributed by atoms with van der Waals surface area (Å²) in [7, 11) is 0. The normalized spacial score (nSPS) is 20.6. The molecule has 0 radical (unpaired) electrons. The van der Waals surface area contributed by atoms with E-state index < -0.39 is 11.7 Å². The lowest BCUT2D eigenvalue weighted by molar-refractivity contribution is -0.138. The molecule has 0 aromatic rings. The molecule has 1 aliphatic rings. The van der Waals surface area contributed by atoms with Crippen LogP contribution in [0, 0.1) is 11.3 Å². The summed E-state index contributed by atoms with van der Waals surface area (Å²) in [5.41, 5.74) is -0.452. The quantitative estimate of drug-likeness (QED) is 0.275. The fraction of sp³-hybridized carbons (Fsp3) is 0.714. The predicted octanol–water partition coefficient (Wildman–Crippen LogP) is 3.10. The lowest BCUT2D eigenvalue weighted by atomic mass is 9.94. The Hall–Kier alpha value is -1.90. The molecule has 0 aromatic heterocycles. The zero-order valence-corrected chi connectivity index (χ0v) is 11.8. The number of esters is 1. The number of aliphatic hydroxyl groups is 1. The first-order valence-corrected chi connectivity index (χ1v) is 7.04. The molecular formula is C14H21N2O4+. The third kappa shape index (κ3) is 5.00. The van der Waals surface area contributed by atoms with Gasteiger partial charge in [-0.1, -0.05) is 6.42 Å². The number of hydrogen-bond donors (Lipinski definition) is 1. The molecule has 1 unspecified atom stereocenters. The Morgan fingerprint density at radius 3 is 2.90 bits per heavy atom. The fourth-order valence-corrected chi connectivity index (χ4v) is 2.40. The van der Waals surface area contributed by atoms with Crippen molar-refractivity contribution in [3.8, 4) is 0 Å². The van der Waals surface area contributed by atoms with E-state index in [9.17, 15) is 14.7 Å². The van der Waals surface area contributed by atoms with E-state index in [4.69, 9.17) is 5.39 Å². The molecule has 0 aromatic carbocycles. The number of nitrogens with zero attached hydrogens (tertiary/aromatic N) is 2. The third-order valence-electron chi connectivity index (χ3n) is 3.47. The third-order valence-corrected chi connectivity index (χ3v) is 3.47.